The number of hydrogen-bond donors (Lipinski definition) is 2. The van der Waals surface area contributed by atoms with Gasteiger partial charge in [-0.3, -0.25) is 0 Å². The lowest BCUT2D eigenvalue weighted by Crippen LogP contribution is -2.27. The largest absolute Gasteiger partial charge is 0.494 e. The quantitative estimate of drug-likeness (QED) is 0.818. The summed E-state index contributed by atoms with van der Waals surface area (Å²) >= 11 is 0. The molecule has 0 saturated heterocycles. The zero-order valence-electron chi connectivity index (χ0n) is 12.6. The van der Waals surface area contributed by atoms with E-state index in [1.54, 1.807) is 0 Å². The van der Waals surface area contributed by atoms with E-state index < -0.39 is 0 Å². The van der Waals surface area contributed by atoms with E-state index in [0.717, 1.165) is 11.3 Å². The normalized spacial score (nSPS) is 13.7. The predicted molar refractivity (Wildman–Crippen MR) is 85.4 cm³/mol. The maximum absolute atomic E-state index is 9.61. The van der Waals surface area contributed by atoms with E-state index in [0.29, 0.717) is 6.61 Å². The molecule has 0 amide bonds. The highest BCUT2D eigenvalue weighted by Crippen LogP contribution is 2.21. The average Bonchev–Trinajstić information content (AvgIpc) is 2.54. The molecule has 0 heterocycles. The second kappa shape index (κ2) is 7.81. The molecule has 2 atom stereocenters. The van der Waals surface area contributed by atoms with Crippen LogP contribution in [0.5, 0.6) is 5.75 Å². The van der Waals surface area contributed by atoms with Gasteiger partial charge in [0.05, 0.1) is 19.3 Å². The minimum Gasteiger partial charge on any atom is -0.494 e. The first-order valence-electron chi connectivity index (χ1n) is 7.39. The van der Waals surface area contributed by atoms with E-state index in [2.05, 4.69) is 24.4 Å². The Balaban J connectivity index is 2.03. The highest BCUT2D eigenvalue weighted by atomic mass is 16.5. The van der Waals surface area contributed by atoms with Crippen molar-refractivity contribution in [3.05, 3.63) is 65.7 Å². The molecular formula is C18H23NO2. The number of aliphatic hydroxyl groups is 1. The lowest BCUT2D eigenvalue weighted by Gasteiger charge is -2.22. The third-order valence-electron chi connectivity index (χ3n) is 3.53. The summed E-state index contributed by atoms with van der Waals surface area (Å²) in [6, 6.07) is 18.2. The van der Waals surface area contributed by atoms with Crippen LogP contribution in [0.25, 0.3) is 0 Å². The van der Waals surface area contributed by atoms with Crippen molar-refractivity contribution in [3.8, 4) is 5.75 Å². The Hall–Kier alpha value is -1.84. The molecule has 0 fully saturated rings. The summed E-state index contributed by atoms with van der Waals surface area (Å²) in [5.74, 6) is 0.884. The van der Waals surface area contributed by atoms with E-state index in [1.807, 2.05) is 49.4 Å². The van der Waals surface area contributed by atoms with Gasteiger partial charge < -0.3 is 15.2 Å². The molecule has 3 nitrogen and oxygen atoms in total. The molecule has 0 spiro atoms. The van der Waals surface area contributed by atoms with E-state index in [9.17, 15) is 5.11 Å². The van der Waals surface area contributed by atoms with Crippen LogP contribution in [-0.4, -0.2) is 18.3 Å². The molecule has 0 aliphatic heterocycles. The van der Waals surface area contributed by atoms with Gasteiger partial charge in [0.25, 0.3) is 0 Å². The Morgan fingerprint density at radius 2 is 1.67 bits per heavy atom. The smallest absolute Gasteiger partial charge is 0.119 e. The van der Waals surface area contributed by atoms with Gasteiger partial charge in [-0.25, -0.2) is 0 Å². The maximum atomic E-state index is 9.61. The molecule has 1 unspecified atom stereocenters. The molecule has 2 aromatic rings. The summed E-state index contributed by atoms with van der Waals surface area (Å²) in [7, 11) is 0. The first-order chi connectivity index (χ1) is 10.2. The summed E-state index contributed by atoms with van der Waals surface area (Å²) in [6.07, 6.45) is 0. The zero-order chi connectivity index (χ0) is 15.1. The minimum absolute atomic E-state index is 0.0623. The van der Waals surface area contributed by atoms with E-state index >= 15 is 0 Å². The Morgan fingerprint density at radius 1 is 1.00 bits per heavy atom. The monoisotopic (exact) mass is 285 g/mol. The molecule has 2 aromatic carbocycles. The van der Waals surface area contributed by atoms with E-state index in [4.69, 9.17) is 4.74 Å². The van der Waals surface area contributed by atoms with Crippen molar-refractivity contribution in [2.45, 2.75) is 25.9 Å². The number of benzene rings is 2. The van der Waals surface area contributed by atoms with E-state index in [-0.39, 0.29) is 18.7 Å². The summed E-state index contributed by atoms with van der Waals surface area (Å²) in [5.41, 5.74) is 2.27. The lowest BCUT2D eigenvalue weighted by molar-refractivity contribution is 0.235. The molecule has 0 saturated carbocycles. The number of ether oxygens (including phenoxy) is 1. The molecule has 2 rings (SSSR count). The third-order valence-corrected chi connectivity index (χ3v) is 3.53. The first-order valence-corrected chi connectivity index (χ1v) is 7.39. The van der Waals surface area contributed by atoms with Crippen LogP contribution in [0.3, 0.4) is 0 Å². The van der Waals surface area contributed by atoms with Gasteiger partial charge in [-0.05, 0) is 37.1 Å². The fraction of sp³-hybridized carbons (Fsp3) is 0.333. The van der Waals surface area contributed by atoms with Gasteiger partial charge in [-0.15, -0.1) is 0 Å². The molecule has 0 aliphatic carbocycles. The Labute approximate surface area is 126 Å². The van der Waals surface area contributed by atoms with Crippen LogP contribution >= 0.6 is 0 Å². The summed E-state index contributed by atoms with van der Waals surface area (Å²) in [5, 5.41) is 13.1. The van der Waals surface area contributed by atoms with Gasteiger partial charge in [-0.1, -0.05) is 42.5 Å². The van der Waals surface area contributed by atoms with Crippen LogP contribution in [0, 0.1) is 0 Å². The summed E-state index contributed by atoms with van der Waals surface area (Å²) in [4.78, 5) is 0. The van der Waals surface area contributed by atoms with Crippen LogP contribution in [0.1, 0.15) is 37.1 Å². The number of hydrogen-bond acceptors (Lipinski definition) is 3. The van der Waals surface area contributed by atoms with Crippen molar-refractivity contribution < 1.29 is 9.84 Å². The lowest BCUT2D eigenvalue weighted by atomic mass is 10.0. The molecule has 112 valence electrons. The van der Waals surface area contributed by atoms with Crippen LogP contribution < -0.4 is 10.1 Å². The minimum atomic E-state index is -0.0623. The standard InChI is InChI=1S/C18H23NO2/c1-3-21-17-11-9-15(10-12-17)14(2)19-18(13-20)16-7-5-4-6-8-16/h4-12,14,18-20H,3,13H2,1-2H3/t14?,18-/m1/s1. The molecule has 0 bridgehead atoms. The Kier molecular flexibility index (Phi) is 5.78. The van der Waals surface area contributed by atoms with Gasteiger partial charge in [0.1, 0.15) is 5.75 Å². The Bertz CT molecular complexity index is 525. The van der Waals surface area contributed by atoms with Gasteiger partial charge >= 0.3 is 0 Å². The highest BCUT2D eigenvalue weighted by Gasteiger charge is 2.14. The average molecular weight is 285 g/mol. The molecule has 0 aliphatic rings. The molecule has 0 radical (unpaired) electrons. The number of aliphatic hydroxyl groups excluding tert-OH is 1. The van der Waals surface area contributed by atoms with Crippen molar-refractivity contribution in [2.24, 2.45) is 0 Å². The third kappa shape index (κ3) is 4.31. The second-order valence-electron chi connectivity index (χ2n) is 5.04. The van der Waals surface area contributed by atoms with Crippen LogP contribution in [0.15, 0.2) is 54.6 Å². The van der Waals surface area contributed by atoms with Crippen molar-refractivity contribution in [1.82, 2.24) is 5.32 Å². The number of rotatable bonds is 7. The van der Waals surface area contributed by atoms with Crippen LogP contribution in [-0.2, 0) is 0 Å². The molecule has 3 heteroatoms. The van der Waals surface area contributed by atoms with Crippen molar-refractivity contribution >= 4 is 0 Å². The number of nitrogens with one attached hydrogen (secondary N) is 1. The molecule has 21 heavy (non-hydrogen) atoms. The Morgan fingerprint density at radius 3 is 2.24 bits per heavy atom. The fourth-order valence-corrected chi connectivity index (χ4v) is 2.36. The zero-order valence-corrected chi connectivity index (χ0v) is 12.6. The van der Waals surface area contributed by atoms with Crippen molar-refractivity contribution in [1.29, 1.82) is 0 Å². The summed E-state index contributed by atoms with van der Waals surface area (Å²) in [6.45, 7) is 4.82. The van der Waals surface area contributed by atoms with Crippen molar-refractivity contribution in [2.75, 3.05) is 13.2 Å². The van der Waals surface area contributed by atoms with Crippen LogP contribution in [0.2, 0.25) is 0 Å². The first kappa shape index (κ1) is 15.5. The fourth-order valence-electron chi connectivity index (χ4n) is 2.36. The van der Waals surface area contributed by atoms with Crippen LogP contribution in [0.4, 0.5) is 0 Å². The SMILES string of the molecule is CCOc1ccc(C(C)N[C@H](CO)c2ccccc2)cc1. The second-order valence-corrected chi connectivity index (χ2v) is 5.04. The predicted octanol–water partition coefficient (Wildman–Crippen LogP) is 3.47. The molecule has 2 N–H and O–H groups in total. The maximum Gasteiger partial charge on any atom is 0.119 e. The van der Waals surface area contributed by atoms with Crippen molar-refractivity contribution in [3.63, 3.8) is 0 Å². The topological polar surface area (TPSA) is 41.5 Å². The van der Waals surface area contributed by atoms with Gasteiger partial charge in [0, 0.05) is 6.04 Å². The van der Waals surface area contributed by atoms with Gasteiger partial charge in [-0.2, -0.15) is 0 Å². The summed E-state index contributed by atoms with van der Waals surface area (Å²) < 4.78 is 5.45. The molecular weight excluding hydrogens is 262 g/mol. The molecule has 0 aromatic heterocycles. The van der Waals surface area contributed by atoms with Gasteiger partial charge in [0.2, 0.25) is 0 Å². The highest BCUT2D eigenvalue weighted by molar-refractivity contribution is 5.29. The van der Waals surface area contributed by atoms with Gasteiger partial charge in [0.15, 0.2) is 0 Å². The van der Waals surface area contributed by atoms with E-state index in [1.165, 1.54) is 5.56 Å².